The minimum absolute atomic E-state index is 0.529. The summed E-state index contributed by atoms with van der Waals surface area (Å²) < 4.78 is 5.84. The Morgan fingerprint density at radius 1 is 1.33 bits per heavy atom. The summed E-state index contributed by atoms with van der Waals surface area (Å²) in [6.07, 6.45) is 2.82. The van der Waals surface area contributed by atoms with Gasteiger partial charge >= 0.3 is 0 Å². The third-order valence-electron chi connectivity index (χ3n) is 3.26. The lowest BCUT2D eigenvalue weighted by molar-refractivity contribution is 0.321. The van der Waals surface area contributed by atoms with E-state index in [0.717, 1.165) is 30.3 Å². The van der Waals surface area contributed by atoms with Gasteiger partial charge in [0.1, 0.15) is 5.75 Å². The third kappa shape index (κ3) is 5.14. The Balaban J connectivity index is 1.81. The quantitative estimate of drug-likeness (QED) is 0.800. The molecule has 0 amide bonds. The highest BCUT2D eigenvalue weighted by Crippen LogP contribution is 2.20. The maximum Gasteiger partial charge on any atom is 0.119 e. The molecule has 0 aliphatic rings. The smallest absolute Gasteiger partial charge is 0.119 e. The summed E-state index contributed by atoms with van der Waals surface area (Å²) in [6, 6.07) is 8.35. The van der Waals surface area contributed by atoms with Crippen LogP contribution in [0.2, 0.25) is 0 Å². The number of ether oxygens (including phenoxy) is 1. The second kappa shape index (κ2) is 8.15. The van der Waals surface area contributed by atoms with Crippen LogP contribution in [0.3, 0.4) is 0 Å². The summed E-state index contributed by atoms with van der Waals surface area (Å²) in [4.78, 5) is 5.73. The fourth-order valence-corrected chi connectivity index (χ4v) is 2.89. The van der Waals surface area contributed by atoms with Crippen molar-refractivity contribution in [2.24, 2.45) is 0 Å². The van der Waals surface area contributed by atoms with Crippen molar-refractivity contribution in [2.45, 2.75) is 39.7 Å². The van der Waals surface area contributed by atoms with Gasteiger partial charge in [0.25, 0.3) is 0 Å². The van der Waals surface area contributed by atoms with Gasteiger partial charge in [0, 0.05) is 24.0 Å². The standard InChI is InChI=1S/C17H24N2OS/c1-4-18-11-16-12-19-17(21-16)8-9-20-15-7-5-6-14(10-15)13(2)3/h5-7,10,12-13,18H,4,8-9,11H2,1-3H3. The predicted octanol–water partition coefficient (Wildman–Crippen LogP) is 4.00. The number of hydrogen-bond donors (Lipinski definition) is 1. The minimum atomic E-state index is 0.529. The maximum absolute atomic E-state index is 5.84. The van der Waals surface area contributed by atoms with Crippen molar-refractivity contribution in [2.75, 3.05) is 13.2 Å². The van der Waals surface area contributed by atoms with E-state index >= 15 is 0 Å². The van der Waals surface area contributed by atoms with E-state index in [1.807, 2.05) is 12.3 Å². The average molecular weight is 304 g/mol. The summed E-state index contributed by atoms with van der Waals surface area (Å²) in [5, 5.41) is 4.46. The lowest BCUT2D eigenvalue weighted by Crippen LogP contribution is -2.10. The first-order chi connectivity index (χ1) is 10.2. The number of rotatable bonds is 8. The van der Waals surface area contributed by atoms with Crippen molar-refractivity contribution in [3.05, 3.63) is 45.9 Å². The molecule has 0 spiro atoms. The first-order valence-electron chi connectivity index (χ1n) is 7.56. The summed E-state index contributed by atoms with van der Waals surface area (Å²) in [7, 11) is 0. The first-order valence-corrected chi connectivity index (χ1v) is 8.37. The van der Waals surface area contributed by atoms with E-state index in [1.54, 1.807) is 11.3 Å². The second-order valence-electron chi connectivity index (χ2n) is 5.33. The number of nitrogens with one attached hydrogen (secondary N) is 1. The van der Waals surface area contributed by atoms with Crippen LogP contribution in [0, 0.1) is 0 Å². The molecule has 0 saturated heterocycles. The van der Waals surface area contributed by atoms with Crippen molar-refractivity contribution >= 4 is 11.3 Å². The van der Waals surface area contributed by atoms with Crippen LogP contribution in [0.15, 0.2) is 30.5 Å². The van der Waals surface area contributed by atoms with Crippen LogP contribution < -0.4 is 10.1 Å². The number of thiazole rings is 1. The Morgan fingerprint density at radius 2 is 2.19 bits per heavy atom. The normalized spacial score (nSPS) is 11.0. The molecule has 0 saturated carbocycles. The molecule has 0 bridgehead atoms. The Labute approximate surface area is 131 Å². The topological polar surface area (TPSA) is 34.2 Å². The van der Waals surface area contributed by atoms with E-state index in [2.05, 4.69) is 49.3 Å². The van der Waals surface area contributed by atoms with E-state index in [4.69, 9.17) is 4.74 Å². The van der Waals surface area contributed by atoms with Crippen molar-refractivity contribution < 1.29 is 4.74 Å². The highest BCUT2D eigenvalue weighted by atomic mass is 32.1. The molecule has 2 aromatic rings. The van der Waals surface area contributed by atoms with Gasteiger partial charge < -0.3 is 10.1 Å². The summed E-state index contributed by atoms with van der Waals surface area (Å²) >= 11 is 1.76. The minimum Gasteiger partial charge on any atom is -0.493 e. The molecule has 21 heavy (non-hydrogen) atoms. The fourth-order valence-electron chi connectivity index (χ4n) is 2.01. The molecule has 1 aromatic heterocycles. The second-order valence-corrected chi connectivity index (χ2v) is 6.53. The van der Waals surface area contributed by atoms with Crippen LogP contribution in [0.1, 0.15) is 42.1 Å². The van der Waals surface area contributed by atoms with Crippen molar-refractivity contribution in [1.29, 1.82) is 0 Å². The molecule has 114 valence electrons. The Morgan fingerprint density at radius 3 is 2.95 bits per heavy atom. The van der Waals surface area contributed by atoms with Crippen molar-refractivity contribution in [3.8, 4) is 5.75 Å². The summed E-state index contributed by atoms with van der Waals surface area (Å²) in [5.74, 6) is 1.48. The Kier molecular flexibility index (Phi) is 6.21. The zero-order chi connectivity index (χ0) is 15.1. The van der Waals surface area contributed by atoms with Gasteiger partial charge in [0.15, 0.2) is 0 Å². The lowest BCUT2D eigenvalue weighted by Gasteiger charge is -2.09. The Bertz CT molecular complexity index is 551. The molecule has 1 heterocycles. The highest BCUT2D eigenvalue weighted by molar-refractivity contribution is 7.11. The molecule has 0 unspecified atom stereocenters. The van der Waals surface area contributed by atoms with Crippen LogP contribution in [-0.2, 0) is 13.0 Å². The van der Waals surface area contributed by atoms with Crippen LogP contribution in [0.5, 0.6) is 5.75 Å². The molecule has 0 atom stereocenters. The number of aromatic nitrogens is 1. The van der Waals surface area contributed by atoms with E-state index in [1.165, 1.54) is 10.4 Å². The van der Waals surface area contributed by atoms with Gasteiger partial charge in [-0.3, -0.25) is 0 Å². The summed E-state index contributed by atoms with van der Waals surface area (Å²) in [5.41, 5.74) is 1.31. The van der Waals surface area contributed by atoms with Crippen LogP contribution in [0.25, 0.3) is 0 Å². The van der Waals surface area contributed by atoms with Gasteiger partial charge in [-0.1, -0.05) is 32.9 Å². The van der Waals surface area contributed by atoms with E-state index in [-0.39, 0.29) is 0 Å². The van der Waals surface area contributed by atoms with E-state index in [9.17, 15) is 0 Å². The van der Waals surface area contributed by atoms with E-state index < -0.39 is 0 Å². The summed E-state index contributed by atoms with van der Waals surface area (Å²) in [6.45, 7) is 9.08. The highest BCUT2D eigenvalue weighted by Gasteiger charge is 2.04. The third-order valence-corrected chi connectivity index (χ3v) is 4.32. The Hall–Kier alpha value is -1.39. The lowest BCUT2D eigenvalue weighted by atomic mass is 10.0. The number of hydrogen-bond acceptors (Lipinski definition) is 4. The zero-order valence-corrected chi connectivity index (χ0v) is 13.9. The van der Waals surface area contributed by atoms with Gasteiger partial charge in [-0.05, 0) is 30.2 Å². The van der Waals surface area contributed by atoms with Gasteiger partial charge in [0.2, 0.25) is 0 Å². The molecular formula is C17H24N2OS. The molecule has 0 radical (unpaired) electrons. The molecule has 0 aliphatic carbocycles. The van der Waals surface area contributed by atoms with E-state index in [0.29, 0.717) is 12.5 Å². The fraction of sp³-hybridized carbons (Fsp3) is 0.471. The first kappa shape index (κ1) is 16.0. The predicted molar refractivity (Wildman–Crippen MR) is 89.2 cm³/mol. The van der Waals surface area contributed by atoms with Crippen molar-refractivity contribution in [1.82, 2.24) is 10.3 Å². The molecule has 1 N–H and O–H groups in total. The van der Waals surface area contributed by atoms with Crippen LogP contribution in [0.4, 0.5) is 0 Å². The van der Waals surface area contributed by atoms with Gasteiger partial charge in [-0.15, -0.1) is 11.3 Å². The molecule has 0 fully saturated rings. The van der Waals surface area contributed by atoms with Crippen LogP contribution >= 0.6 is 11.3 Å². The molecule has 3 nitrogen and oxygen atoms in total. The monoisotopic (exact) mass is 304 g/mol. The van der Waals surface area contributed by atoms with Crippen LogP contribution in [-0.4, -0.2) is 18.1 Å². The maximum atomic E-state index is 5.84. The number of nitrogens with zero attached hydrogens (tertiary/aromatic N) is 1. The zero-order valence-electron chi connectivity index (χ0n) is 13.1. The number of benzene rings is 1. The van der Waals surface area contributed by atoms with Crippen molar-refractivity contribution in [3.63, 3.8) is 0 Å². The molecule has 1 aromatic carbocycles. The van der Waals surface area contributed by atoms with Gasteiger partial charge in [0.05, 0.1) is 11.6 Å². The van der Waals surface area contributed by atoms with Gasteiger partial charge in [-0.2, -0.15) is 0 Å². The molecule has 0 aliphatic heterocycles. The molecule has 4 heteroatoms. The average Bonchev–Trinajstić information content (AvgIpc) is 2.93. The van der Waals surface area contributed by atoms with Gasteiger partial charge in [-0.25, -0.2) is 4.98 Å². The molecular weight excluding hydrogens is 280 g/mol. The SMILES string of the molecule is CCNCc1cnc(CCOc2cccc(C(C)C)c2)s1. The molecule has 2 rings (SSSR count). The largest absolute Gasteiger partial charge is 0.493 e.